The van der Waals surface area contributed by atoms with E-state index in [4.69, 9.17) is 16.0 Å². The highest BCUT2D eigenvalue weighted by atomic mass is 35.5. The van der Waals surface area contributed by atoms with Crippen molar-refractivity contribution in [2.24, 2.45) is 0 Å². The number of furan rings is 1. The van der Waals surface area contributed by atoms with Crippen LogP contribution in [0.4, 0.5) is 5.69 Å². The Balaban J connectivity index is 1.76. The number of benzene rings is 1. The molecule has 0 aliphatic carbocycles. The van der Waals surface area contributed by atoms with E-state index in [1.54, 1.807) is 12.3 Å². The van der Waals surface area contributed by atoms with Gasteiger partial charge in [-0.25, -0.2) is 4.98 Å². The minimum Gasteiger partial charge on any atom is -0.459 e. The van der Waals surface area contributed by atoms with Crippen LogP contribution in [0.15, 0.2) is 53.1 Å². The standard InChI is InChI=1S/C14H11ClN2O/c15-14-8-11(5-6-16-14)17-9-12-7-10-3-1-2-4-13(10)18-12/h1-8H,9H2,(H,16,17). The summed E-state index contributed by atoms with van der Waals surface area (Å²) in [6.45, 7) is 0.620. The van der Waals surface area contributed by atoms with Crippen LogP contribution in [-0.2, 0) is 6.54 Å². The lowest BCUT2D eigenvalue weighted by molar-refractivity contribution is 0.559. The van der Waals surface area contributed by atoms with Gasteiger partial charge in [0, 0.05) is 17.3 Å². The molecule has 0 aliphatic heterocycles. The summed E-state index contributed by atoms with van der Waals surface area (Å²) in [4.78, 5) is 3.93. The fourth-order valence-electron chi connectivity index (χ4n) is 1.83. The van der Waals surface area contributed by atoms with Crippen LogP contribution in [0, 0.1) is 0 Å². The average molecular weight is 259 g/mol. The van der Waals surface area contributed by atoms with E-state index < -0.39 is 0 Å². The summed E-state index contributed by atoms with van der Waals surface area (Å²) in [5.74, 6) is 0.893. The number of hydrogen-bond acceptors (Lipinski definition) is 3. The van der Waals surface area contributed by atoms with Crippen molar-refractivity contribution in [3.05, 3.63) is 59.6 Å². The lowest BCUT2D eigenvalue weighted by atomic mass is 10.2. The molecule has 0 bridgehead atoms. The van der Waals surface area contributed by atoms with Crippen LogP contribution < -0.4 is 5.32 Å². The molecular formula is C14H11ClN2O. The van der Waals surface area contributed by atoms with Gasteiger partial charge in [-0.1, -0.05) is 29.8 Å². The number of hydrogen-bond donors (Lipinski definition) is 1. The second kappa shape index (κ2) is 4.70. The molecule has 2 heterocycles. The van der Waals surface area contributed by atoms with Crippen molar-refractivity contribution in [1.82, 2.24) is 4.98 Å². The first-order chi connectivity index (χ1) is 8.81. The van der Waals surface area contributed by atoms with E-state index in [1.165, 1.54) is 0 Å². The number of halogens is 1. The van der Waals surface area contributed by atoms with E-state index in [-0.39, 0.29) is 0 Å². The van der Waals surface area contributed by atoms with Gasteiger partial charge in [0.25, 0.3) is 0 Å². The summed E-state index contributed by atoms with van der Waals surface area (Å²) in [6, 6.07) is 13.6. The molecule has 1 aromatic carbocycles. The van der Waals surface area contributed by atoms with E-state index in [9.17, 15) is 0 Å². The Labute approximate surface area is 109 Å². The molecule has 3 nitrogen and oxygen atoms in total. The predicted octanol–water partition coefficient (Wildman–Crippen LogP) is 4.09. The van der Waals surface area contributed by atoms with E-state index in [0.717, 1.165) is 22.4 Å². The smallest absolute Gasteiger partial charge is 0.134 e. The molecule has 0 atom stereocenters. The van der Waals surface area contributed by atoms with Gasteiger partial charge in [0.1, 0.15) is 16.5 Å². The van der Waals surface area contributed by atoms with Crippen molar-refractivity contribution in [3.8, 4) is 0 Å². The number of pyridine rings is 1. The molecule has 3 aromatic rings. The fourth-order valence-corrected chi connectivity index (χ4v) is 2.00. The number of aromatic nitrogens is 1. The van der Waals surface area contributed by atoms with Gasteiger partial charge in [-0.2, -0.15) is 0 Å². The third-order valence-electron chi connectivity index (χ3n) is 2.67. The minimum absolute atomic E-state index is 0.476. The summed E-state index contributed by atoms with van der Waals surface area (Å²) in [7, 11) is 0. The van der Waals surface area contributed by atoms with Gasteiger partial charge in [0.05, 0.1) is 6.54 Å². The largest absolute Gasteiger partial charge is 0.459 e. The van der Waals surface area contributed by atoms with Gasteiger partial charge in [-0.15, -0.1) is 0 Å². The first kappa shape index (κ1) is 11.1. The van der Waals surface area contributed by atoms with E-state index >= 15 is 0 Å². The highest BCUT2D eigenvalue weighted by Crippen LogP contribution is 2.20. The monoisotopic (exact) mass is 258 g/mol. The van der Waals surface area contributed by atoms with Gasteiger partial charge >= 0.3 is 0 Å². The van der Waals surface area contributed by atoms with Crippen molar-refractivity contribution in [3.63, 3.8) is 0 Å². The molecule has 0 radical (unpaired) electrons. The maximum Gasteiger partial charge on any atom is 0.134 e. The van der Waals surface area contributed by atoms with Crippen LogP contribution in [0.5, 0.6) is 0 Å². The normalized spacial score (nSPS) is 10.7. The minimum atomic E-state index is 0.476. The van der Waals surface area contributed by atoms with Crippen LogP contribution in [0.25, 0.3) is 11.0 Å². The Hall–Kier alpha value is -2.00. The van der Waals surface area contributed by atoms with Crippen molar-refractivity contribution in [2.75, 3.05) is 5.32 Å². The quantitative estimate of drug-likeness (QED) is 0.719. The maximum atomic E-state index is 5.82. The molecule has 3 rings (SSSR count). The molecule has 0 amide bonds. The highest BCUT2D eigenvalue weighted by Gasteiger charge is 2.02. The highest BCUT2D eigenvalue weighted by molar-refractivity contribution is 6.29. The molecule has 0 saturated carbocycles. The number of para-hydroxylation sites is 1. The molecule has 90 valence electrons. The number of nitrogens with zero attached hydrogens (tertiary/aromatic N) is 1. The molecule has 2 aromatic heterocycles. The molecule has 18 heavy (non-hydrogen) atoms. The van der Waals surface area contributed by atoms with Gasteiger partial charge in [-0.3, -0.25) is 0 Å². The van der Waals surface area contributed by atoms with Crippen molar-refractivity contribution < 1.29 is 4.42 Å². The second-order valence-electron chi connectivity index (χ2n) is 3.97. The Morgan fingerprint density at radius 1 is 1.17 bits per heavy atom. The Kier molecular flexibility index (Phi) is 2.90. The zero-order valence-electron chi connectivity index (χ0n) is 9.56. The molecule has 0 aliphatic rings. The van der Waals surface area contributed by atoms with E-state index in [2.05, 4.69) is 10.3 Å². The van der Waals surface area contributed by atoms with Crippen LogP contribution in [0.1, 0.15) is 5.76 Å². The molecule has 0 saturated heterocycles. The summed E-state index contributed by atoms with van der Waals surface area (Å²) < 4.78 is 5.71. The number of fused-ring (bicyclic) bond motifs is 1. The van der Waals surface area contributed by atoms with Crippen molar-refractivity contribution in [2.45, 2.75) is 6.54 Å². The molecule has 1 N–H and O–H groups in total. The summed E-state index contributed by atoms with van der Waals surface area (Å²) in [5, 5.41) is 4.83. The van der Waals surface area contributed by atoms with Crippen molar-refractivity contribution in [1.29, 1.82) is 0 Å². The number of nitrogens with one attached hydrogen (secondary N) is 1. The molecule has 0 unspecified atom stereocenters. The fraction of sp³-hybridized carbons (Fsp3) is 0.0714. The SMILES string of the molecule is Clc1cc(NCc2cc3ccccc3o2)ccn1. The lowest BCUT2D eigenvalue weighted by Gasteiger charge is -2.03. The molecule has 4 heteroatoms. The summed E-state index contributed by atoms with van der Waals surface area (Å²) >= 11 is 5.82. The zero-order chi connectivity index (χ0) is 12.4. The first-order valence-electron chi connectivity index (χ1n) is 5.64. The van der Waals surface area contributed by atoms with E-state index in [0.29, 0.717) is 11.7 Å². The maximum absolute atomic E-state index is 5.82. The van der Waals surface area contributed by atoms with Crippen molar-refractivity contribution >= 4 is 28.3 Å². The van der Waals surface area contributed by atoms with Crippen LogP contribution in [0.3, 0.4) is 0 Å². The van der Waals surface area contributed by atoms with Gasteiger partial charge < -0.3 is 9.73 Å². The molecule has 0 spiro atoms. The topological polar surface area (TPSA) is 38.1 Å². The first-order valence-corrected chi connectivity index (χ1v) is 6.02. The number of rotatable bonds is 3. The van der Waals surface area contributed by atoms with Crippen LogP contribution in [-0.4, -0.2) is 4.98 Å². The third kappa shape index (κ3) is 2.31. The van der Waals surface area contributed by atoms with E-state index in [1.807, 2.05) is 36.4 Å². The second-order valence-corrected chi connectivity index (χ2v) is 4.36. The Morgan fingerprint density at radius 2 is 2.06 bits per heavy atom. The van der Waals surface area contributed by atoms with Gasteiger partial charge in [-0.05, 0) is 24.3 Å². The summed E-state index contributed by atoms with van der Waals surface area (Å²) in [6.07, 6.45) is 1.67. The Morgan fingerprint density at radius 3 is 2.89 bits per heavy atom. The number of anilines is 1. The van der Waals surface area contributed by atoms with Crippen LogP contribution >= 0.6 is 11.6 Å². The summed E-state index contributed by atoms with van der Waals surface area (Å²) in [5.41, 5.74) is 1.83. The van der Waals surface area contributed by atoms with Gasteiger partial charge in [0.15, 0.2) is 0 Å². The zero-order valence-corrected chi connectivity index (χ0v) is 10.3. The van der Waals surface area contributed by atoms with Gasteiger partial charge in [0.2, 0.25) is 0 Å². The molecular weight excluding hydrogens is 248 g/mol. The molecule has 0 fully saturated rings. The predicted molar refractivity (Wildman–Crippen MR) is 72.8 cm³/mol. The Bertz CT molecular complexity index is 645. The third-order valence-corrected chi connectivity index (χ3v) is 2.88. The lowest BCUT2D eigenvalue weighted by Crippen LogP contribution is -1.97. The van der Waals surface area contributed by atoms with Crippen LogP contribution in [0.2, 0.25) is 5.15 Å². The average Bonchev–Trinajstić information content (AvgIpc) is 2.79.